The van der Waals surface area contributed by atoms with Crippen molar-refractivity contribution in [1.82, 2.24) is 0 Å². The molecule has 0 radical (unpaired) electrons. The van der Waals surface area contributed by atoms with Crippen LogP contribution in [0.2, 0.25) is 0 Å². The number of phenols is 1. The van der Waals surface area contributed by atoms with E-state index in [-0.39, 0.29) is 22.1 Å². The van der Waals surface area contributed by atoms with Crippen LogP contribution in [0.3, 0.4) is 0 Å². The van der Waals surface area contributed by atoms with Gasteiger partial charge in [0.2, 0.25) is 0 Å². The molecule has 2 aromatic rings. The highest BCUT2D eigenvalue weighted by Crippen LogP contribution is 2.17. The van der Waals surface area contributed by atoms with E-state index in [1.54, 1.807) is 0 Å². The number of esters is 1. The van der Waals surface area contributed by atoms with E-state index in [1.807, 2.05) is 6.92 Å². The van der Waals surface area contributed by atoms with Crippen molar-refractivity contribution in [2.24, 2.45) is 0 Å². The van der Waals surface area contributed by atoms with Gasteiger partial charge in [0.25, 0.3) is 0 Å². The molecule has 21 heavy (non-hydrogen) atoms. The molecule has 1 N–H and O–H groups in total. The standard InChI is InChI=1S/C16H16O5/c1-2-3-8-20-15(18)7-4-11-10-21-14-6-5-12(17)9-13(14)16(11)19/h4-7,9-10,17H,2-3,8H2,1H3/b7-4+. The van der Waals surface area contributed by atoms with Gasteiger partial charge in [0, 0.05) is 6.08 Å². The maximum Gasteiger partial charge on any atom is 0.330 e. The molecule has 110 valence electrons. The summed E-state index contributed by atoms with van der Waals surface area (Å²) in [4.78, 5) is 23.6. The summed E-state index contributed by atoms with van der Waals surface area (Å²) in [6.45, 7) is 2.36. The number of rotatable bonds is 5. The van der Waals surface area contributed by atoms with E-state index in [4.69, 9.17) is 9.15 Å². The number of ether oxygens (including phenoxy) is 1. The summed E-state index contributed by atoms with van der Waals surface area (Å²) >= 11 is 0. The predicted molar refractivity (Wildman–Crippen MR) is 79.0 cm³/mol. The first kappa shape index (κ1) is 14.8. The topological polar surface area (TPSA) is 76.7 Å². The fourth-order valence-electron chi connectivity index (χ4n) is 1.77. The van der Waals surface area contributed by atoms with E-state index in [2.05, 4.69) is 0 Å². The Morgan fingerprint density at radius 3 is 3.00 bits per heavy atom. The summed E-state index contributed by atoms with van der Waals surface area (Å²) in [6.07, 6.45) is 5.56. The second-order valence-corrected chi connectivity index (χ2v) is 4.56. The Morgan fingerprint density at radius 2 is 2.24 bits per heavy atom. The normalized spacial score (nSPS) is 11.1. The van der Waals surface area contributed by atoms with E-state index >= 15 is 0 Å². The Kier molecular flexibility index (Phi) is 4.77. The van der Waals surface area contributed by atoms with Crippen molar-refractivity contribution in [3.05, 3.63) is 46.3 Å². The summed E-state index contributed by atoms with van der Waals surface area (Å²) in [7, 11) is 0. The van der Waals surface area contributed by atoms with E-state index in [0.717, 1.165) is 12.8 Å². The van der Waals surface area contributed by atoms with Crippen LogP contribution >= 0.6 is 0 Å². The highest BCUT2D eigenvalue weighted by molar-refractivity contribution is 5.88. The highest BCUT2D eigenvalue weighted by atomic mass is 16.5. The monoisotopic (exact) mass is 288 g/mol. The number of fused-ring (bicyclic) bond motifs is 1. The molecule has 5 nitrogen and oxygen atoms in total. The first-order valence-corrected chi connectivity index (χ1v) is 6.71. The first-order valence-electron chi connectivity index (χ1n) is 6.71. The van der Waals surface area contributed by atoms with Crippen molar-refractivity contribution in [2.45, 2.75) is 19.8 Å². The van der Waals surface area contributed by atoms with Gasteiger partial charge >= 0.3 is 5.97 Å². The third-order valence-corrected chi connectivity index (χ3v) is 2.92. The van der Waals surface area contributed by atoms with Crippen LogP contribution in [-0.2, 0) is 9.53 Å². The van der Waals surface area contributed by atoms with Crippen LogP contribution in [0.4, 0.5) is 0 Å². The molecule has 0 saturated carbocycles. The molecule has 2 rings (SSSR count). The average molecular weight is 288 g/mol. The second-order valence-electron chi connectivity index (χ2n) is 4.56. The van der Waals surface area contributed by atoms with Gasteiger partial charge in [-0.05, 0) is 30.7 Å². The van der Waals surface area contributed by atoms with Gasteiger partial charge in [0.15, 0.2) is 5.43 Å². The van der Waals surface area contributed by atoms with Gasteiger partial charge in [-0.15, -0.1) is 0 Å². The van der Waals surface area contributed by atoms with E-state index in [9.17, 15) is 14.7 Å². The SMILES string of the molecule is CCCCOC(=O)/C=C/c1coc2ccc(O)cc2c1=O. The van der Waals surface area contributed by atoms with Gasteiger partial charge < -0.3 is 14.3 Å². The molecule has 0 amide bonds. The quantitative estimate of drug-likeness (QED) is 0.520. The maximum atomic E-state index is 12.2. The summed E-state index contributed by atoms with van der Waals surface area (Å²) in [6, 6.07) is 4.28. The number of phenolic OH excluding ortho intramolecular Hbond substituents is 1. The lowest BCUT2D eigenvalue weighted by atomic mass is 10.1. The summed E-state index contributed by atoms with van der Waals surface area (Å²) in [5.41, 5.74) is 0.283. The number of aromatic hydroxyl groups is 1. The fraction of sp³-hybridized carbons (Fsp3) is 0.250. The molecule has 5 heteroatoms. The Balaban J connectivity index is 2.21. The van der Waals surface area contributed by atoms with Crippen LogP contribution in [-0.4, -0.2) is 17.7 Å². The lowest BCUT2D eigenvalue weighted by molar-refractivity contribution is -0.137. The van der Waals surface area contributed by atoms with Gasteiger partial charge in [-0.25, -0.2) is 4.79 Å². The second kappa shape index (κ2) is 6.74. The number of benzene rings is 1. The molecule has 0 aliphatic carbocycles. The van der Waals surface area contributed by atoms with Crippen LogP contribution in [0.25, 0.3) is 17.0 Å². The van der Waals surface area contributed by atoms with Crippen LogP contribution in [0, 0.1) is 0 Å². The van der Waals surface area contributed by atoms with Crippen molar-refractivity contribution >= 4 is 23.0 Å². The summed E-state index contributed by atoms with van der Waals surface area (Å²) in [5.74, 6) is -0.520. The highest BCUT2D eigenvalue weighted by Gasteiger charge is 2.06. The van der Waals surface area contributed by atoms with Gasteiger partial charge in [-0.3, -0.25) is 4.79 Å². The lowest BCUT2D eigenvalue weighted by Gasteiger charge is -2.00. The Bertz CT molecular complexity index is 727. The lowest BCUT2D eigenvalue weighted by Crippen LogP contribution is -2.06. The molecule has 0 bridgehead atoms. The molecule has 0 aliphatic rings. The average Bonchev–Trinajstić information content (AvgIpc) is 2.47. The zero-order valence-electron chi connectivity index (χ0n) is 11.7. The number of carbonyl (C=O) groups is 1. The van der Waals surface area contributed by atoms with E-state index in [1.165, 1.54) is 36.6 Å². The molecular weight excluding hydrogens is 272 g/mol. The van der Waals surface area contributed by atoms with E-state index < -0.39 is 5.97 Å². The Hall–Kier alpha value is -2.56. The third kappa shape index (κ3) is 3.72. The zero-order chi connectivity index (χ0) is 15.2. The number of hydrogen-bond acceptors (Lipinski definition) is 5. The number of hydrogen-bond donors (Lipinski definition) is 1. The number of carbonyl (C=O) groups excluding carboxylic acids is 1. The zero-order valence-corrected chi connectivity index (χ0v) is 11.7. The van der Waals surface area contributed by atoms with Gasteiger partial charge in [-0.2, -0.15) is 0 Å². The number of unbranched alkanes of at least 4 members (excludes halogenated alkanes) is 1. The van der Waals surface area contributed by atoms with Crippen molar-refractivity contribution in [2.75, 3.05) is 6.61 Å². The minimum atomic E-state index is -0.501. The van der Waals surface area contributed by atoms with Crippen LogP contribution in [0.1, 0.15) is 25.3 Å². The summed E-state index contributed by atoms with van der Waals surface area (Å²) in [5, 5.41) is 9.67. The van der Waals surface area contributed by atoms with Crippen LogP contribution in [0.15, 0.2) is 39.7 Å². The van der Waals surface area contributed by atoms with Gasteiger partial charge in [0.1, 0.15) is 17.6 Å². The molecule has 1 heterocycles. The molecule has 0 aliphatic heterocycles. The minimum Gasteiger partial charge on any atom is -0.508 e. The molecule has 0 unspecified atom stereocenters. The molecule has 0 fully saturated rings. The summed E-state index contributed by atoms with van der Waals surface area (Å²) < 4.78 is 10.2. The van der Waals surface area contributed by atoms with Gasteiger partial charge in [-0.1, -0.05) is 13.3 Å². The maximum absolute atomic E-state index is 12.2. The molecular formula is C16H16O5. The van der Waals surface area contributed by atoms with Crippen molar-refractivity contribution in [1.29, 1.82) is 0 Å². The molecule has 0 atom stereocenters. The Labute approximate surface area is 121 Å². The third-order valence-electron chi connectivity index (χ3n) is 2.92. The molecule has 1 aromatic carbocycles. The molecule has 0 saturated heterocycles. The molecule has 0 spiro atoms. The van der Waals surface area contributed by atoms with Crippen molar-refractivity contribution < 1.29 is 19.1 Å². The van der Waals surface area contributed by atoms with Crippen molar-refractivity contribution in [3.8, 4) is 5.75 Å². The van der Waals surface area contributed by atoms with Crippen LogP contribution < -0.4 is 5.43 Å². The Morgan fingerprint density at radius 1 is 1.43 bits per heavy atom. The largest absolute Gasteiger partial charge is 0.508 e. The predicted octanol–water partition coefficient (Wildman–Crippen LogP) is 2.86. The minimum absolute atomic E-state index is 0.0186. The van der Waals surface area contributed by atoms with E-state index in [0.29, 0.717) is 12.2 Å². The fourth-order valence-corrected chi connectivity index (χ4v) is 1.77. The van der Waals surface area contributed by atoms with Crippen molar-refractivity contribution in [3.63, 3.8) is 0 Å². The van der Waals surface area contributed by atoms with Crippen LogP contribution in [0.5, 0.6) is 5.75 Å². The smallest absolute Gasteiger partial charge is 0.330 e. The first-order chi connectivity index (χ1) is 10.1. The van der Waals surface area contributed by atoms with Gasteiger partial charge in [0.05, 0.1) is 17.6 Å². The molecule has 1 aromatic heterocycles.